The highest BCUT2D eigenvalue weighted by molar-refractivity contribution is 5.75. The molecule has 0 amide bonds. The van der Waals surface area contributed by atoms with E-state index < -0.39 is 0 Å². The van der Waals surface area contributed by atoms with Crippen molar-refractivity contribution in [3.63, 3.8) is 0 Å². The summed E-state index contributed by atoms with van der Waals surface area (Å²) in [6, 6.07) is 0. The maximum absolute atomic E-state index is 7.57. The molecule has 0 aromatic carbocycles. The Morgan fingerprint density at radius 1 is 0.857 bits per heavy atom. The summed E-state index contributed by atoms with van der Waals surface area (Å²) in [6.45, 7) is 1.93. The van der Waals surface area contributed by atoms with Gasteiger partial charge in [0.25, 0.3) is 0 Å². The fourth-order valence-corrected chi connectivity index (χ4v) is 0.786. The number of allylic oxidation sites excluding steroid dienone is 8. The Bertz CT molecular complexity index is 160. The van der Waals surface area contributed by atoms with Crippen LogP contribution in [-0.2, 0) is 0 Å². The first kappa shape index (κ1) is 16.1. The van der Waals surface area contributed by atoms with Gasteiger partial charge in [-0.1, -0.05) is 48.6 Å². The van der Waals surface area contributed by atoms with Gasteiger partial charge >= 0.3 is 23.1 Å². The summed E-state index contributed by atoms with van der Waals surface area (Å²) >= 11 is 0. The molecule has 0 heterocycles. The number of hydrogen-bond donors (Lipinski definition) is 1. The molecule has 1 nitrogen and oxygen atoms in total. The Hall–Kier alpha value is -0.314. The van der Waals surface area contributed by atoms with Crippen LogP contribution in [-0.4, -0.2) is 34.8 Å². The highest BCUT2D eigenvalue weighted by atomic mass is 24.3. The van der Waals surface area contributed by atoms with Crippen molar-refractivity contribution in [1.29, 1.82) is 0 Å². The van der Waals surface area contributed by atoms with Crippen LogP contribution in [0.25, 0.3) is 0 Å². The average molecular weight is 205 g/mol. The minimum absolute atomic E-state index is 0. The van der Waals surface area contributed by atoms with Crippen molar-refractivity contribution in [2.45, 2.75) is 19.8 Å². The third-order valence-corrected chi connectivity index (χ3v) is 1.31. The number of hydrogen-bond acceptors (Lipinski definition) is 1. The maximum Gasteiger partial charge on any atom is 0.316 e. The molecule has 0 atom stereocenters. The van der Waals surface area contributed by atoms with E-state index in [-0.39, 0.29) is 29.7 Å². The molecular formula is C12H20MgO. The molecule has 2 aliphatic rings. The third kappa shape index (κ3) is 14.2. The Labute approximate surface area is 103 Å². The van der Waals surface area contributed by atoms with Crippen LogP contribution in [0.3, 0.4) is 0 Å². The lowest BCUT2D eigenvalue weighted by molar-refractivity contribution is 0.318. The van der Waals surface area contributed by atoms with Gasteiger partial charge in [0, 0.05) is 6.61 Å². The summed E-state index contributed by atoms with van der Waals surface area (Å²) in [5, 5.41) is 7.57. The van der Waals surface area contributed by atoms with Gasteiger partial charge in [-0.15, -0.1) is 0 Å². The van der Waals surface area contributed by atoms with Crippen LogP contribution in [0.5, 0.6) is 0 Å². The zero-order chi connectivity index (χ0) is 9.78. The molecule has 2 aliphatic carbocycles. The van der Waals surface area contributed by atoms with Crippen molar-refractivity contribution in [2.75, 3.05) is 6.61 Å². The van der Waals surface area contributed by atoms with Gasteiger partial charge in [-0.25, -0.2) is 0 Å². The van der Waals surface area contributed by atoms with Gasteiger partial charge < -0.3 is 5.11 Å². The molecule has 76 valence electrons. The predicted octanol–water partition coefficient (Wildman–Crippen LogP) is 2.09. The van der Waals surface area contributed by atoms with Gasteiger partial charge in [0.15, 0.2) is 0 Å². The Morgan fingerprint density at radius 3 is 1.14 bits per heavy atom. The van der Waals surface area contributed by atoms with E-state index in [1.165, 1.54) is 0 Å². The van der Waals surface area contributed by atoms with Crippen molar-refractivity contribution in [3.8, 4) is 0 Å². The Kier molecular flexibility index (Phi) is 17.5. The fraction of sp³-hybridized carbons (Fsp3) is 0.333. The zero-order valence-electron chi connectivity index (χ0n) is 8.19. The number of aliphatic hydroxyl groups excluding tert-OH is 1. The normalized spacial score (nSPS) is 13.9. The lowest BCUT2D eigenvalue weighted by Gasteiger charge is -1.57. The summed E-state index contributed by atoms with van der Waals surface area (Å²) in [6.07, 6.45) is 19.0. The van der Waals surface area contributed by atoms with E-state index in [0.29, 0.717) is 0 Å². The van der Waals surface area contributed by atoms with Crippen LogP contribution < -0.4 is 0 Å². The molecule has 2 heteroatoms. The summed E-state index contributed by atoms with van der Waals surface area (Å²) in [5.41, 5.74) is 0. The summed E-state index contributed by atoms with van der Waals surface area (Å²) < 4.78 is 0. The summed E-state index contributed by atoms with van der Waals surface area (Å²) in [7, 11) is 0. The van der Waals surface area contributed by atoms with Gasteiger partial charge in [0.05, 0.1) is 0 Å². The molecule has 0 bridgehead atoms. The second-order valence-electron chi connectivity index (χ2n) is 2.50. The minimum Gasteiger partial charge on any atom is -0.397 e. The summed E-state index contributed by atoms with van der Waals surface area (Å²) in [4.78, 5) is 0. The number of rotatable bonds is 0. The smallest absolute Gasteiger partial charge is 0.316 e. The van der Waals surface area contributed by atoms with E-state index in [4.69, 9.17) is 5.11 Å². The number of aliphatic hydroxyl groups is 1. The van der Waals surface area contributed by atoms with Crippen molar-refractivity contribution in [2.24, 2.45) is 0 Å². The molecule has 14 heavy (non-hydrogen) atoms. The molecule has 0 aromatic rings. The molecule has 0 saturated heterocycles. The second kappa shape index (κ2) is 15.2. The van der Waals surface area contributed by atoms with Crippen LogP contribution in [0.1, 0.15) is 19.8 Å². The van der Waals surface area contributed by atoms with Crippen molar-refractivity contribution in [1.82, 2.24) is 0 Å². The monoisotopic (exact) mass is 204 g/mol. The van der Waals surface area contributed by atoms with E-state index in [0.717, 1.165) is 12.8 Å². The topological polar surface area (TPSA) is 20.2 Å². The Morgan fingerprint density at radius 2 is 1.07 bits per heavy atom. The van der Waals surface area contributed by atoms with Gasteiger partial charge in [-0.3, -0.25) is 0 Å². The predicted molar refractivity (Wildman–Crippen MR) is 67.1 cm³/mol. The van der Waals surface area contributed by atoms with Gasteiger partial charge in [-0.05, 0) is 19.8 Å². The van der Waals surface area contributed by atoms with E-state index in [1.54, 1.807) is 6.92 Å². The average Bonchev–Trinajstić information content (AvgIpc) is 2.85. The summed E-state index contributed by atoms with van der Waals surface area (Å²) in [5.74, 6) is 0. The first-order chi connectivity index (χ1) is 6.41. The Balaban J connectivity index is 0. The zero-order valence-corrected chi connectivity index (χ0v) is 8.19. The fourth-order valence-electron chi connectivity index (χ4n) is 0.786. The standard InChI is InChI=1S/2C5H6.C2H6O.Mg.2H/c2*1-2-4-5-3-1;1-2-3;;;/h2*1-4H,5H2;3H,2H2,1H3;;;. The van der Waals surface area contributed by atoms with Crippen LogP contribution in [0.15, 0.2) is 48.6 Å². The third-order valence-electron chi connectivity index (χ3n) is 1.31. The van der Waals surface area contributed by atoms with Gasteiger partial charge in [-0.2, -0.15) is 0 Å². The molecule has 2 rings (SSSR count). The van der Waals surface area contributed by atoms with Crippen LogP contribution in [0.2, 0.25) is 0 Å². The first-order valence-electron chi connectivity index (χ1n) is 4.66. The quantitative estimate of drug-likeness (QED) is 0.599. The lowest BCUT2D eigenvalue weighted by atomic mass is 10.5. The highest BCUT2D eigenvalue weighted by Gasteiger charge is 1.72. The van der Waals surface area contributed by atoms with Gasteiger partial charge in [0.1, 0.15) is 0 Å². The maximum atomic E-state index is 7.57. The molecule has 0 saturated carbocycles. The molecule has 0 radical (unpaired) electrons. The molecule has 0 aromatic heterocycles. The SMILES string of the molecule is C1=CCC=C1.C1=CCC=C1.CCO.[MgH2]. The lowest BCUT2D eigenvalue weighted by Crippen LogP contribution is -1.57. The van der Waals surface area contributed by atoms with Crippen molar-refractivity contribution >= 4 is 23.1 Å². The largest absolute Gasteiger partial charge is 0.397 e. The molecule has 0 spiro atoms. The molecule has 0 unspecified atom stereocenters. The van der Waals surface area contributed by atoms with E-state index in [2.05, 4.69) is 48.6 Å². The van der Waals surface area contributed by atoms with Gasteiger partial charge in [0.2, 0.25) is 0 Å². The highest BCUT2D eigenvalue weighted by Crippen LogP contribution is 1.93. The first-order valence-corrected chi connectivity index (χ1v) is 4.66. The molecular weight excluding hydrogens is 184 g/mol. The van der Waals surface area contributed by atoms with Crippen molar-refractivity contribution < 1.29 is 5.11 Å². The van der Waals surface area contributed by atoms with E-state index in [9.17, 15) is 0 Å². The van der Waals surface area contributed by atoms with Crippen LogP contribution in [0, 0.1) is 0 Å². The second-order valence-corrected chi connectivity index (χ2v) is 2.50. The van der Waals surface area contributed by atoms with E-state index in [1.807, 2.05) is 0 Å². The van der Waals surface area contributed by atoms with Crippen molar-refractivity contribution in [3.05, 3.63) is 48.6 Å². The molecule has 0 aliphatic heterocycles. The minimum atomic E-state index is 0. The van der Waals surface area contributed by atoms with Crippen LogP contribution >= 0.6 is 0 Å². The van der Waals surface area contributed by atoms with E-state index >= 15 is 0 Å². The van der Waals surface area contributed by atoms with Crippen LogP contribution in [0.4, 0.5) is 0 Å². The molecule has 1 N–H and O–H groups in total. The molecule has 0 fully saturated rings.